The van der Waals surface area contributed by atoms with E-state index >= 15 is 0 Å². The molecule has 5 N–H and O–H groups in total. The van der Waals surface area contributed by atoms with Crippen LogP contribution >= 0.6 is 12.4 Å². The highest BCUT2D eigenvalue weighted by Crippen LogP contribution is 2.20. The average Bonchev–Trinajstić information content (AvgIpc) is 2.82. The number of pyridine rings is 1. The van der Waals surface area contributed by atoms with E-state index in [1.165, 1.54) is 6.07 Å². The third kappa shape index (κ3) is 8.70. The minimum absolute atomic E-state index is 0. The maximum absolute atomic E-state index is 11.2. The number of nitrogens with zero attached hydrogens (tertiary/aromatic N) is 1. The molecule has 0 saturated carbocycles. The van der Waals surface area contributed by atoms with Crippen LogP contribution in [0.3, 0.4) is 0 Å². The Morgan fingerprint density at radius 2 is 1.73 bits per heavy atom. The standard InChI is InChI=1S/C24H27N3O5.ClH/c25-24(30)22-7-4-8-23(27-22)32-21-11-9-17(10-12-21)13-18(15-28)26-14-19(29)16-31-20-5-2-1-3-6-20;/h1-12,18-19,26,28-29H,13-16H2,(H2,25,30);1H/t18-,19-;/m0./s1. The molecule has 1 amide bonds. The van der Waals surface area contributed by atoms with Gasteiger partial charge in [-0.25, -0.2) is 4.98 Å². The van der Waals surface area contributed by atoms with Gasteiger partial charge in [0.15, 0.2) is 0 Å². The monoisotopic (exact) mass is 473 g/mol. The van der Waals surface area contributed by atoms with Gasteiger partial charge in [0.2, 0.25) is 5.88 Å². The van der Waals surface area contributed by atoms with E-state index in [1.807, 2.05) is 42.5 Å². The number of para-hydroxylation sites is 1. The Morgan fingerprint density at radius 1 is 1.00 bits per heavy atom. The Kier molecular flexibility index (Phi) is 10.6. The van der Waals surface area contributed by atoms with E-state index in [0.29, 0.717) is 24.5 Å². The summed E-state index contributed by atoms with van der Waals surface area (Å²) >= 11 is 0. The number of halogens is 1. The molecule has 2 aromatic carbocycles. The van der Waals surface area contributed by atoms with Crippen molar-refractivity contribution in [2.24, 2.45) is 5.73 Å². The topological polar surface area (TPSA) is 127 Å². The van der Waals surface area contributed by atoms with Gasteiger partial charge in [-0.2, -0.15) is 0 Å². The van der Waals surface area contributed by atoms with Crippen molar-refractivity contribution in [1.82, 2.24) is 10.3 Å². The Morgan fingerprint density at radius 3 is 2.39 bits per heavy atom. The van der Waals surface area contributed by atoms with Crippen LogP contribution in [0.5, 0.6) is 17.4 Å². The molecule has 1 aromatic heterocycles. The zero-order chi connectivity index (χ0) is 22.8. The van der Waals surface area contributed by atoms with E-state index in [0.717, 1.165) is 5.56 Å². The molecule has 0 aliphatic heterocycles. The zero-order valence-electron chi connectivity index (χ0n) is 18.0. The predicted molar refractivity (Wildman–Crippen MR) is 127 cm³/mol. The maximum Gasteiger partial charge on any atom is 0.267 e. The van der Waals surface area contributed by atoms with Crippen LogP contribution in [0, 0.1) is 0 Å². The van der Waals surface area contributed by atoms with E-state index in [2.05, 4.69) is 10.3 Å². The highest BCUT2D eigenvalue weighted by molar-refractivity contribution is 5.90. The first kappa shape index (κ1) is 26.1. The van der Waals surface area contributed by atoms with E-state index in [9.17, 15) is 15.0 Å². The van der Waals surface area contributed by atoms with E-state index in [4.69, 9.17) is 15.2 Å². The zero-order valence-corrected chi connectivity index (χ0v) is 18.8. The molecule has 0 bridgehead atoms. The van der Waals surface area contributed by atoms with Crippen molar-refractivity contribution < 1.29 is 24.5 Å². The van der Waals surface area contributed by atoms with E-state index in [-0.39, 0.29) is 43.2 Å². The van der Waals surface area contributed by atoms with Gasteiger partial charge in [0.1, 0.15) is 29.9 Å². The van der Waals surface area contributed by atoms with E-state index < -0.39 is 12.0 Å². The number of aromatic nitrogens is 1. The number of nitrogens with one attached hydrogen (secondary N) is 1. The van der Waals surface area contributed by atoms with Crippen LogP contribution in [-0.2, 0) is 6.42 Å². The molecular formula is C24H28ClN3O5. The summed E-state index contributed by atoms with van der Waals surface area (Å²) in [6.45, 7) is 0.377. The number of primary amides is 1. The molecular weight excluding hydrogens is 446 g/mol. The predicted octanol–water partition coefficient (Wildman–Crippen LogP) is 2.33. The van der Waals surface area contributed by atoms with Crippen LogP contribution in [-0.4, -0.2) is 53.0 Å². The molecule has 0 radical (unpaired) electrons. The van der Waals surface area contributed by atoms with Crippen molar-refractivity contribution in [3.05, 3.63) is 84.1 Å². The average molecular weight is 474 g/mol. The maximum atomic E-state index is 11.2. The number of hydrogen-bond acceptors (Lipinski definition) is 7. The molecule has 0 saturated heterocycles. The van der Waals surface area contributed by atoms with Crippen molar-refractivity contribution in [2.75, 3.05) is 19.8 Å². The van der Waals surface area contributed by atoms with Crippen LogP contribution in [0.4, 0.5) is 0 Å². The van der Waals surface area contributed by atoms with E-state index in [1.54, 1.807) is 24.3 Å². The largest absolute Gasteiger partial charge is 0.491 e. The number of rotatable bonds is 12. The van der Waals surface area contributed by atoms with Gasteiger partial charge in [-0.3, -0.25) is 4.79 Å². The molecule has 9 heteroatoms. The summed E-state index contributed by atoms with van der Waals surface area (Å²) in [5.41, 5.74) is 6.35. The lowest BCUT2D eigenvalue weighted by Crippen LogP contribution is -2.41. The van der Waals surface area contributed by atoms with Gasteiger partial charge in [-0.05, 0) is 42.3 Å². The molecule has 0 spiro atoms. The van der Waals surface area contributed by atoms with Crippen LogP contribution in [0.15, 0.2) is 72.8 Å². The first-order valence-corrected chi connectivity index (χ1v) is 10.3. The van der Waals surface area contributed by atoms with Crippen LogP contribution < -0.4 is 20.5 Å². The number of aliphatic hydroxyl groups is 2. The number of benzene rings is 2. The molecule has 3 rings (SSSR count). The fourth-order valence-electron chi connectivity index (χ4n) is 2.98. The SMILES string of the molecule is Cl.NC(=O)c1cccc(Oc2ccc(C[C@@H](CO)NC[C@H](O)COc3ccccc3)cc2)n1. The van der Waals surface area contributed by atoms with Gasteiger partial charge < -0.3 is 30.7 Å². The fourth-order valence-corrected chi connectivity index (χ4v) is 2.98. The molecule has 8 nitrogen and oxygen atoms in total. The van der Waals surface area contributed by atoms with Crippen molar-refractivity contribution >= 4 is 18.3 Å². The second-order valence-corrected chi connectivity index (χ2v) is 7.24. The quantitative estimate of drug-likeness (QED) is 0.318. The van der Waals surface area contributed by atoms with Gasteiger partial charge >= 0.3 is 0 Å². The summed E-state index contributed by atoms with van der Waals surface area (Å²) in [5, 5.41) is 23.0. The molecule has 33 heavy (non-hydrogen) atoms. The number of aliphatic hydroxyl groups excluding tert-OH is 2. The van der Waals surface area contributed by atoms with Gasteiger partial charge in [0, 0.05) is 18.7 Å². The van der Waals surface area contributed by atoms with Gasteiger partial charge in [0.05, 0.1) is 6.61 Å². The molecule has 1 heterocycles. The summed E-state index contributed by atoms with van der Waals surface area (Å²) in [6, 6.07) is 21.2. The second kappa shape index (κ2) is 13.4. The minimum atomic E-state index is -0.705. The summed E-state index contributed by atoms with van der Waals surface area (Å²) in [5.74, 6) is 0.912. The Labute approximate surface area is 198 Å². The van der Waals surface area contributed by atoms with Crippen molar-refractivity contribution in [3.63, 3.8) is 0 Å². The molecule has 0 fully saturated rings. The number of carbonyl (C=O) groups excluding carboxylic acids is 1. The van der Waals surface area contributed by atoms with Crippen molar-refractivity contribution in [2.45, 2.75) is 18.6 Å². The number of carbonyl (C=O) groups is 1. The molecule has 0 aliphatic rings. The summed E-state index contributed by atoms with van der Waals surface area (Å²) in [7, 11) is 0. The third-order valence-corrected chi connectivity index (χ3v) is 4.65. The summed E-state index contributed by atoms with van der Waals surface area (Å²) < 4.78 is 11.2. The highest BCUT2D eigenvalue weighted by atomic mass is 35.5. The van der Waals surface area contributed by atoms with Gasteiger partial charge in [0.25, 0.3) is 5.91 Å². The highest BCUT2D eigenvalue weighted by Gasteiger charge is 2.12. The van der Waals surface area contributed by atoms with Crippen molar-refractivity contribution in [3.8, 4) is 17.4 Å². The van der Waals surface area contributed by atoms with Crippen LogP contribution in [0.2, 0.25) is 0 Å². The van der Waals surface area contributed by atoms with Crippen LogP contribution in [0.25, 0.3) is 0 Å². The Balaban J connectivity index is 0.00000385. The Hall–Kier alpha value is -3.17. The summed E-state index contributed by atoms with van der Waals surface area (Å²) in [4.78, 5) is 15.3. The lowest BCUT2D eigenvalue weighted by atomic mass is 10.1. The minimum Gasteiger partial charge on any atom is -0.491 e. The second-order valence-electron chi connectivity index (χ2n) is 7.24. The van der Waals surface area contributed by atoms with Crippen molar-refractivity contribution in [1.29, 1.82) is 0 Å². The first-order chi connectivity index (χ1) is 15.5. The molecule has 0 aliphatic carbocycles. The summed E-state index contributed by atoms with van der Waals surface area (Å²) in [6.07, 6.45) is -0.137. The Bertz CT molecular complexity index is 989. The normalized spacial score (nSPS) is 12.3. The van der Waals surface area contributed by atoms with Gasteiger partial charge in [-0.1, -0.05) is 36.4 Å². The number of hydrogen-bond donors (Lipinski definition) is 4. The lowest BCUT2D eigenvalue weighted by Gasteiger charge is -2.19. The molecule has 0 unspecified atom stereocenters. The first-order valence-electron chi connectivity index (χ1n) is 10.3. The molecule has 3 aromatic rings. The number of ether oxygens (including phenoxy) is 2. The fraction of sp³-hybridized carbons (Fsp3) is 0.250. The number of amides is 1. The van der Waals surface area contributed by atoms with Crippen LogP contribution in [0.1, 0.15) is 16.1 Å². The molecule has 2 atom stereocenters. The third-order valence-electron chi connectivity index (χ3n) is 4.65. The number of nitrogens with two attached hydrogens (primary N) is 1. The van der Waals surface area contributed by atoms with Gasteiger partial charge in [-0.15, -0.1) is 12.4 Å². The molecule has 176 valence electrons. The smallest absolute Gasteiger partial charge is 0.267 e. The lowest BCUT2D eigenvalue weighted by molar-refractivity contribution is 0.0993.